The molecule has 1 rings (SSSR count). The lowest BCUT2D eigenvalue weighted by atomic mass is 10.0. The minimum Gasteiger partial charge on any atom is -0.480 e. The first-order valence-electron chi connectivity index (χ1n) is 5.10. The average Bonchev–Trinajstić information content (AvgIpc) is 2.19. The standard InChI is InChI=1S/C11H15FN2O2/c1-7(2)6-9(11(15)16)14-10-8(12)4-3-5-13-10/h3-5,7,9H,6H2,1-2H3,(H,13,14)(H,15,16)/t9-/m1/s1. The van der Waals surface area contributed by atoms with Crippen molar-refractivity contribution < 1.29 is 14.3 Å². The van der Waals surface area contributed by atoms with Gasteiger partial charge in [-0.15, -0.1) is 0 Å². The highest BCUT2D eigenvalue weighted by Gasteiger charge is 2.20. The van der Waals surface area contributed by atoms with Crippen molar-refractivity contribution in [2.24, 2.45) is 5.92 Å². The monoisotopic (exact) mass is 226 g/mol. The molecule has 0 aliphatic rings. The number of rotatable bonds is 5. The summed E-state index contributed by atoms with van der Waals surface area (Å²) in [5.74, 6) is -1.35. The number of halogens is 1. The molecule has 1 atom stereocenters. The van der Waals surface area contributed by atoms with E-state index >= 15 is 0 Å². The molecule has 0 aromatic carbocycles. The number of nitrogens with one attached hydrogen (secondary N) is 1. The molecule has 0 saturated carbocycles. The molecule has 16 heavy (non-hydrogen) atoms. The number of hydrogen-bond donors (Lipinski definition) is 2. The average molecular weight is 226 g/mol. The summed E-state index contributed by atoms with van der Waals surface area (Å²) in [5, 5.41) is 11.6. The quantitative estimate of drug-likeness (QED) is 0.807. The molecule has 5 heteroatoms. The molecule has 0 bridgehead atoms. The number of carboxylic acid groups (broad SMARTS) is 1. The first-order valence-corrected chi connectivity index (χ1v) is 5.10. The van der Waals surface area contributed by atoms with E-state index in [9.17, 15) is 9.18 Å². The van der Waals surface area contributed by atoms with E-state index in [-0.39, 0.29) is 11.7 Å². The molecule has 0 aliphatic heterocycles. The van der Waals surface area contributed by atoms with Gasteiger partial charge in [-0.25, -0.2) is 14.2 Å². The Labute approximate surface area is 93.5 Å². The summed E-state index contributed by atoms with van der Waals surface area (Å²) in [6.45, 7) is 3.82. The summed E-state index contributed by atoms with van der Waals surface area (Å²) in [7, 11) is 0. The first kappa shape index (κ1) is 12.4. The summed E-state index contributed by atoms with van der Waals surface area (Å²) >= 11 is 0. The maximum absolute atomic E-state index is 13.2. The van der Waals surface area contributed by atoms with E-state index in [1.54, 1.807) is 0 Å². The van der Waals surface area contributed by atoms with Crippen LogP contribution >= 0.6 is 0 Å². The van der Waals surface area contributed by atoms with Crippen molar-refractivity contribution in [3.8, 4) is 0 Å². The third-order valence-corrected chi connectivity index (χ3v) is 2.07. The number of aromatic nitrogens is 1. The van der Waals surface area contributed by atoms with Crippen molar-refractivity contribution in [2.75, 3.05) is 5.32 Å². The van der Waals surface area contributed by atoms with E-state index in [1.165, 1.54) is 18.3 Å². The van der Waals surface area contributed by atoms with Crippen LogP contribution < -0.4 is 5.32 Å². The van der Waals surface area contributed by atoms with Crippen molar-refractivity contribution in [2.45, 2.75) is 26.3 Å². The van der Waals surface area contributed by atoms with Crippen LogP contribution in [0.2, 0.25) is 0 Å². The van der Waals surface area contributed by atoms with Gasteiger partial charge in [0.15, 0.2) is 11.6 Å². The molecule has 0 aliphatic carbocycles. The van der Waals surface area contributed by atoms with Crippen LogP contribution in [0.25, 0.3) is 0 Å². The van der Waals surface area contributed by atoms with Gasteiger partial charge in [0.25, 0.3) is 0 Å². The predicted molar refractivity (Wildman–Crippen MR) is 58.7 cm³/mol. The maximum Gasteiger partial charge on any atom is 0.326 e. The molecule has 0 saturated heterocycles. The number of hydrogen-bond acceptors (Lipinski definition) is 3. The number of carbonyl (C=O) groups is 1. The molecule has 0 unspecified atom stereocenters. The first-order chi connectivity index (χ1) is 7.50. The Hall–Kier alpha value is -1.65. The lowest BCUT2D eigenvalue weighted by Crippen LogP contribution is -2.31. The zero-order valence-corrected chi connectivity index (χ0v) is 9.27. The largest absolute Gasteiger partial charge is 0.480 e. The van der Waals surface area contributed by atoms with E-state index in [4.69, 9.17) is 5.11 Å². The molecule has 0 fully saturated rings. The highest BCUT2D eigenvalue weighted by molar-refractivity contribution is 5.76. The second kappa shape index (κ2) is 5.44. The molecule has 4 nitrogen and oxygen atoms in total. The van der Waals surface area contributed by atoms with Gasteiger partial charge in [-0.3, -0.25) is 0 Å². The highest BCUT2D eigenvalue weighted by atomic mass is 19.1. The van der Waals surface area contributed by atoms with Gasteiger partial charge in [-0.1, -0.05) is 13.8 Å². The fraction of sp³-hybridized carbons (Fsp3) is 0.455. The topological polar surface area (TPSA) is 62.2 Å². The summed E-state index contributed by atoms with van der Waals surface area (Å²) in [5.41, 5.74) is 0. The number of nitrogens with zero attached hydrogens (tertiary/aromatic N) is 1. The Morgan fingerprint density at radius 1 is 1.62 bits per heavy atom. The van der Waals surface area contributed by atoms with Gasteiger partial charge in [0.2, 0.25) is 0 Å². The van der Waals surface area contributed by atoms with Gasteiger partial charge < -0.3 is 10.4 Å². The molecule has 88 valence electrons. The van der Waals surface area contributed by atoms with E-state index < -0.39 is 17.8 Å². The van der Waals surface area contributed by atoms with Gasteiger partial charge in [0, 0.05) is 6.20 Å². The van der Waals surface area contributed by atoms with Crippen LogP contribution in [0, 0.1) is 11.7 Å². The van der Waals surface area contributed by atoms with E-state index in [2.05, 4.69) is 10.3 Å². The molecule has 0 amide bonds. The molecule has 2 N–H and O–H groups in total. The number of aliphatic carboxylic acids is 1. The molecular formula is C11H15FN2O2. The van der Waals surface area contributed by atoms with Crippen molar-refractivity contribution in [1.29, 1.82) is 0 Å². The summed E-state index contributed by atoms with van der Waals surface area (Å²) < 4.78 is 13.2. The van der Waals surface area contributed by atoms with Crippen molar-refractivity contribution >= 4 is 11.8 Å². The van der Waals surface area contributed by atoms with Crippen LogP contribution in [0.5, 0.6) is 0 Å². The van der Waals surface area contributed by atoms with Crippen LogP contribution in [0.15, 0.2) is 18.3 Å². The fourth-order valence-electron chi connectivity index (χ4n) is 1.35. The fourth-order valence-corrected chi connectivity index (χ4v) is 1.35. The van der Waals surface area contributed by atoms with Crippen LogP contribution in [0.3, 0.4) is 0 Å². The van der Waals surface area contributed by atoms with Gasteiger partial charge in [-0.05, 0) is 24.5 Å². The number of anilines is 1. The maximum atomic E-state index is 13.2. The molecule has 1 heterocycles. The van der Waals surface area contributed by atoms with E-state index in [1.807, 2.05) is 13.8 Å². The predicted octanol–water partition coefficient (Wildman–Crippen LogP) is 2.13. The Balaban J connectivity index is 2.76. The Kier molecular flexibility index (Phi) is 4.22. The zero-order chi connectivity index (χ0) is 12.1. The molecule has 1 aromatic rings. The zero-order valence-electron chi connectivity index (χ0n) is 9.27. The molecule has 1 aromatic heterocycles. The Morgan fingerprint density at radius 3 is 2.81 bits per heavy atom. The molecule has 0 radical (unpaired) electrons. The molecule has 0 spiro atoms. The van der Waals surface area contributed by atoms with Crippen molar-refractivity contribution in [1.82, 2.24) is 4.98 Å². The van der Waals surface area contributed by atoms with Crippen molar-refractivity contribution in [3.63, 3.8) is 0 Å². The summed E-state index contributed by atoms with van der Waals surface area (Å²) in [6.07, 6.45) is 1.84. The smallest absolute Gasteiger partial charge is 0.326 e. The van der Waals surface area contributed by atoms with Gasteiger partial charge in [0.1, 0.15) is 6.04 Å². The lowest BCUT2D eigenvalue weighted by Gasteiger charge is -2.17. The molecular weight excluding hydrogens is 211 g/mol. The number of carboxylic acids is 1. The van der Waals surface area contributed by atoms with Crippen LogP contribution in [0.1, 0.15) is 20.3 Å². The van der Waals surface area contributed by atoms with E-state index in [0.717, 1.165) is 0 Å². The Bertz CT molecular complexity index is 369. The van der Waals surface area contributed by atoms with Gasteiger partial charge in [-0.2, -0.15) is 0 Å². The minimum atomic E-state index is -1.00. The summed E-state index contributed by atoms with van der Waals surface area (Å²) in [6, 6.07) is 1.88. The van der Waals surface area contributed by atoms with Crippen LogP contribution in [-0.2, 0) is 4.79 Å². The second-order valence-electron chi connectivity index (χ2n) is 4.00. The van der Waals surface area contributed by atoms with E-state index in [0.29, 0.717) is 6.42 Å². The van der Waals surface area contributed by atoms with Gasteiger partial charge in [0.05, 0.1) is 0 Å². The summed E-state index contributed by atoms with van der Waals surface area (Å²) in [4.78, 5) is 14.7. The van der Waals surface area contributed by atoms with Crippen LogP contribution in [0.4, 0.5) is 10.2 Å². The lowest BCUT2D eigenvalue weighted by molar-refractivity contribution is -0.138. The SMILES string of the molecule is CC(C)C[C@@H](Nc1ncccc1F)C(=O)O. The number of pyridine rings is 1. The van der Waals surface area contributed by atoms with Crippen molar-refractivity contribution in [3.05, 3.63) is 24.1 Å². The normalized spacial score (nSPS) is 12.5. The third kappa shape index (κ3) is 3.49. The third-order valence-electron chi connectivity index (χ3n) is 2.07. The van der Waals surface area contributed by atoms with Gasteiger partial charge >= 0.3 is 5.97 Å². The highest BCUT2D eigenvalue weighted by Crippen LogP contribution is 2.14. The van der Waals surface area contributed by atoms with Crippen LogP contribution in [-0.4, -0.2) is 22.1 Å². The Morgan fingerprint density at radius 2 is 2.31 bits per heavy atom. The minimum absolute atomic E-state index is 0.0180. The second-order valence-corrected chi connectivity index (χ2v) is 4.00.